The second-order valence-corrected chi connectivity index (χ2v) is 5.39. The van der Waals surface area contributed by atoms with Gasteiger partial charge in [0.05, 0.1) is 0 Å². The molecular formula is C16H22FN. The smallest absolute Gasteiger partial charge is 0.100 e. The van der Waals surface area contributed by atoms with Crippen LogP contribution in [0, 0.1) is 0 Å². The summed E-state index contributed by atoms with van der Waals surface area (Å²) in [6, 6.07) is 6.87. The van der Waals surface area contributed by atoms with Crippen LogP contribution in [0.15, 0.2) is 24.0 Å². The van der Waals surface area contributed by atoms with Gasteiger partial charge in [-0.1, -0.05) is 6.07 Å². The van der Waals surface area contributed by atoms with Crippen LogP contribution in [0.5, 0.6) is 0 Å². The van der Waals surface area contributed by atoms with Crippen LogP contribution >= 0.6 is 0 Å². The Kier molecular flexibility index (Phi) is 3.74. The van der Waals surface area contributed by atoms with E-state index in [0.29, 0.717) is 6.04 Å². The van der Waals surface area contributed by atoms with Crippen LogP contribution in [0.25, 0.3) is 5.57 Å². The Morgan fingerprint density at radius 1 is 1.28 bits per heavy atom. The largest absolute Gasteiger partial charge is 0.369 e. The first kappa shape index (κ1) is 13.1. The van der Waals surface area contributed by atoms with E-state index < -0.39 is 0 Å². The van der Waals surface area contributed by atoms with E-state index in [4.69, 9.17) is 0 Å². The number of allylic oxidation sites excluding steroid dienone is 2. The molecule has 0 aromatic heterocycles. The van der Waals surface area contributed by atoms with Gasteiger partial charge in [0.1, 0.15) is 5.83 Å². The van der Waals surface area contributed by atoms with Gasteiger partial charge in [-0.15, -0.1) is 0 Å². The summed E-state index contributed by atoms with van der Waals surface area (Å²) in [5.74, 6) is -0.0912. The van der Waals surface area contributed by atoms with E-state index in [9.17, 15) is 4.39 Å². The summed E-state index contributed by atoms with van der Waals surface area (Å²) in [6.07, 6.45) is 2.29. The van der Waals surface area contributed by atoms with Crippen molar-refractivity contribution in [2.45, 2.75) is 46.6 Å². The average Bonchev–Trinajstić information content (AvgIpc) is 2.36. The minimum atomic E-state index is -0.0912. The average molecular weight is 247 g/mol. The Hall–Kier alpha value is -1.31. The lowest BCUT2D eigenvalue weighted by Gasteiger charge is -2.35. The van der Waals surface area contributed by atoms with Gasteiger partial charge in [-0.05, 0) is 69.4 Å². The van der Waals surface area contributed by atoms with Gasteiger partial charge in [0.25, 0.3) is 0 Å². The van der Waals surface area contributed by atoms with Crippen molar-refractivity contribution < 1.29 is 4.39 Å². The molecule has 1 aliphatic heterocycles. The van der Waals surface area contributed by atoms with Crippen molar-refractivity contribution in [1.29, 1.82) is 0 Å². The van der Waals surface area contributed by atoms with Crippen LogP contribution in [0.4, 0.5) is 10.1 Å². The molecular weight excluding hydrogens is 225 g/mol. The van der Waals surface area contributed by atoms with Crippen molar-refractivity contribution in [3.63, 3.8) is 0 Å². The number of hydrogen-bond acceptors (Lipinski definition) is 1. The van der Waals surface area contributed by atoms with E-state index >= 15 is 0 Å². The second-order valence-electron chi connectivity index (χ2n) is 5.39. The van der Waals surface area contributed by atoms with Crippen LogP contribution in [-0.4, -0.2) is 12.6 Å². The maximum atomic E-state index is 13.3. The predicted molar refractivity (Wildman–Crippen MR) is 76.6 cm³/mol. The minimum Gasteiger partial charge on any atom is -0.369 e. The normalized spacial score (nSPS) is 16.7. The second kappa shape index (κ2) is 5.13. The Balaban J connectivity index is 2.42. The lowest BCUT2D eigenvalue weighted by Crippen LogP contribution is -2.35. The van der Waals surface area contributed by atoms with Crippen molar-refractivity contribution >= 4 is 11.3 Å². The van der Waals surface area contributed by atoms with E-state index in [1.165, 1.54) is 24.6 Å². The first-order valence-corrected chi connectivity index (χ1v) is 6.73. The summed E-state index contributed by atoms with van der Waals surface area (Å²) in [4.78, 5) is 2.43. The van der Waals surface area contributed by atoms with E-state index in [0.717, 1.165) is 24.1 Å². The first-order valence-electron chi connectivity index (χ1n) is 6.73. The van der Waals surface area contributed by atoms with Crippen LogP contribution < -0.4 is 4.90 Å². The third-order valence-corrected chi connectivity index (χ3v) is 3.81. The van der Waals surface area contributed by atoms with E-state index in [-0.39, 0.29) is 5.83 Å². The number of halogens is 1. The molecule has 0 radical (unpaired) electrons. The molecule has 0 atom stereocenters. The topological polar surface area (TPSA) is 3.24 Å². The molecule has 0 unspecified atom stereocenters. The standard InChI is InChI=1S/C16H22FN/c1-11(2)18-9-5-6-15-10-14(7-8-16(15)18)12(3)13(4)17/h7-8,10-11H,5-6,9H2,1-4H3/b13-12-. The molecule has 1 aliphatic rings. The summed E-state index contributed by atoms with van der Waals surface area (Å²) in [7, 11) is 0. The van der Waals surface area contributed by atoms with Crippen LogP contribution in [0.2, 0.25) is 0 Å². The highest BCUT2D eigenvalue weighted by atomic mass is 19.1. The number of benzene rings is 1. The molecule has 0 aliphatic carbocycles. The summed E-state index contributed by atoms with van der Waals surface area (Å²) in [5, 5.41) is 0. The maximum absolute atomic E-state index is 13.3. The molecule has 2 rings (SSSR count). The van der Waals surface area contributed by atoms with E-state index in [1.807, 2.05) is 13.0 Å². The zero-order valence-electron chi connectivity index (χ0n) is 11.8. The maximum Gasteiger partial charge on any atom is 0.100 e. The Morgan fingerprint density at radius 3 is 2.61 bits per heavy atom. The summed E-state index contributed by atoms with van der Waals surface area (Å²) < 4.78 is 13.3. The molecule has 0 N–H and O–H groups in total. The van der Waals surface area contributed by atoms with Gasteiger partial charge < -0.3 is 4.90 Å². The molecule has 0 fully saturated rings. The monoisotopic (exact) mass is 247 g/mol. The molecule has 1 heterocycles. The Morgan fingerprint density at radius 2 is 2.00 bits per heavy atom. The van der Waals surface area contributed by atoms with Gasteiger partial charge in [0.2, 0.25) is 0 Å². The molecule has 18 heavy (non-hydrogen) atoms. The van der Waals surface area contributed by atoms with Gasteiger partial charge in [0, 0.05) is 18.3 Å². The highest BCUT2D eigenvalue weighted by molar-refractivity contribution is 5.69. The number of hydrogen-bond donors (Lipinski definition) is 0. The van der Waals surface area contributed by atoms with Gasteiger partial charge in [-0.3, -0.25) is 0 Å². The van der Waals surface area contributed by atoms with Crippen LogP contribution in [0.3, 0.4) is 0 Å². The molecule has 0 spiro atoms. The van der Waals surface area contributed by atoms with Crippen LogP contribution in [-0.2, 0) is 6.42 Å². The van der Waals surface area contributed by atoms with Crippen molar-refractivity contribution in [2.24, 2.45) is 0 Å². The third-order valence-electron chi connectivity index (χ3n) is 3.81. The molecule has 0 bridgehead atoms. The van der Waals surface area contributed by atoms with Crippen molar-refractivity contribution in [3.8, 4) is 0 Å². The predicted octanol–water partition coefficient (Wildman–Crippen LogP) is 4.57. The van der Waals surface area contributed by atoms with E-state index in [1.54, 1.807) is 0 Å². The molecule has 98 valence electrons. The van der Waals surface area contributed by atoms with Gasteiger partial charge in [0.15, 0.2) is 0 Å². The fourth-order valence-electron chi connectivity index (χ4n) is 2.59. The zero-order chi connectivity index (χ0) is 13.3. The lowest BCUT2D eigenvalue weighted by molar-refractivity contribution is 0.625. The molecule has 0 saturated carbocycles. The molecule has 2 heteroatoms. The summed E-state index contributed by atoms with van der Waals surface area (Å²) in [5.41, 5.74) is 4.44. The van der Waals surface area contributed by atoms with Crippen molar-refractivity contribution in [3.05, 3.63) is 35.2 Å². The van der Waals surface area contributed by atoms with Crippen LogP contribution in [0.1, 0.15) is 45.2 Å². The highest BCUT2D eigenvalue weighted by Crippen LogP contribution is 2.32. The quantitative estimate of drug-likeness (QED) is 0.740. The molecule has 1 nitrogen and oxygen atoms in total. The minimum absolute atomic E-state index is 0.0912. The summed E-state index contributed by atoms with van der Waals surface area (Å²) in [6.45, 7) is 8.94. The molecule has 0 saturated heterocycles. The number of rotatable bonds is 2. The molecule has 1 aromatic carbocycles. The fourth-order valence-corrected chi connectivity index (χ4v) is 2.59. The number of anilines is 1. The Labute approximate surface area is 109 Å². The van der Waals surface area contributed by atoms with E-state index in [2.05, 4.69) is 30.9 Å². The van der Waals surface area contributed by atoms with Crippen molar-refractivity contribution in [1.82, 2.24) is 0 Å². The SMILES string of the molecule is C/C(F)=C(\C)c1ccc2c(c1)CCCN2C(C)C. The Bertz CT molecular complexity index is 470. The number of fused-ring (bicyclic) bond motifs is 1. The zero-order valence-corrected chi connectivity index (χ0v) is 11.8. The van der Waals surface area contributed by atoms with Gasteiger partial charge in [-0.25, -0.2) is 4.39 Å². The van der Waals surface area contributed by atoms with Gasteiger partial charge in [-0.2, -0.15) is 0 Å². The summed E-state index contributed by atoms with van der Waals surface area (Å²) >= 11 is 0. The first-order chi connectivity index (χ1) is 8.50. The number of aryl methyl sites for hydroxylation is 1. The van der Waals surface area contributed by atoms with Crippen molar-refractivity contribution in [2.75, 3.05) is 11.4 Å². The number of nitrogens with zero attached hydrogens (tertiary/aromatic N) is 1. The lowest BCUT2D eigenvalue weighted by atomic mass is 9.95. The third kappa shape index (κ3) is 2.43. The molecule has 0 amide bonds. The highest BCUT2D eigenvalue weighted by Gasteiger charge is 2.19. The fraction of sp³-hybridized carbons (Fsp3) is 0.500. The van der Waals surface area contributed by atoms with Gasteiger partial charge >= 0.3 is 0 Å². The molecule has 1 aromatic rings.